The Kier molecular flexibility index (Phi) is 11.2. The number of carbonyl (C=O) groups is 1. The van der Waals surface area contributed by atoms with Gasteiger partial charge in [0, 0.05) is 32.8 Å². The predicted octanol–water partition coefficient (Wildman–Crippen LogP) is 0.312. The molecule has 1 fully saturated rings. The van der Waals surface area contributed by atoms with E-state index in [0.717, 1.165) is 19.6 Å². The predicted molar refractivity (Wildman–Crippen MR) is 71.2 cm³/mol. The number of hydrogen-bond donors (Lipinski definition) is 1. The van der Waals surface area contributed by atoms with Crippen molar-refractivity contribution in [1.82, 2.24) is 10.2 Å². The second-order valence-corrected chi connectivity index (χ2v) is 3.84. The van der Waals surface area contributed by atoms with Crippen molar-refractivity contribution >= 4 is 30.8 Å². The van der Waals surface area contributed by atoms with E-state index < -0.39 is 0 Å². The average molecular weight is 289 g/mol. The topological polar surface area (TPSA) is 50.8 Å². The van der Waals surface area contributed by atoms with Gasteiger partial charge in [-0.05, 0) is 6.92 Å². The van der Waals surface area contributed by atoms with Crippen LogP contribution in [0.5, 0.6) is 0 Å². The SMILES string of the molecule is COCC(C(=O)OC)N1CCNC(C)C1.Cl.Cl. The number of rotatable bonds is 4. The third kappa shape index (κ3) is 5.88. The molecule has 104 valence electrons. The van der Waals surface area contributed by atoms with Gasteiger partial charge in [0.25, 0.3) is 0 Å². The molecule has 0 amide bonds. The fraction of sp³-hybridized carbons (Fsp3) is 0.900. The van der Waals surface area contributed by atoms with Gasteiger partial charge in [-0.15, -0.1) is 24.8 Å². The molecule has 7 heteroatoms. The lowest BCUT2D eigenvalue weighted by molar-refractivity contribution is -0.149. The number of piperazine rings is 1. The maximum Gasteiger partial charge on any atom is 0.325 e. The van der Waals surface area contributed by atoms with E-state index in [1.165, 1.54) is 7.11 Å². The van der Waals surface area contributed by atoms with Gasteiger partial charge < -0.3 is 14.8 Å². The summed E-state index contributed by atoms with van der Waals surface area (Å²) in [5.74, 6) is -0.217. The van der Waals surface area contributed by atoms with Crippen molar-refractivity contribution < 1.29 is 14.3 Å². The number of hydrogen-bond acceptors (Lipinski definition) is 5. The summed E-state index contributed by atoms with van der Waals surface area (Å²) in [6.07, 6.45) is 0. The Labute approximate surface area is 115 Å². The van der Waals surface area contributed by atoms with Gasteiger partial charge in [0.1, 0.15) is 6.04 Å². The molecule has 0 radical (unpaired) electrons. The summed E-state index contributed by atoms with van der Waals surface area (Å²) in [7, 11) is 3.01. The van der Waals surface area contributed by atoms with E-state index in [2.05, 4.69) is 17.1 Å². The summed E-state index contributed by atoms with van der Waals surface area (Å²) in [6, 6.07) is 0.132. The van der Waals surface area contributed by atoms with Gasteiger partial charge in [-0.25, -0.2) is 0 Å². The Morgan fingerprint density at radius 3 is 2.59 bits per heavy atom. The van der Waals surface area contributed by atoms with Crippen LogP contribution in [-0.4, -0.2) is 63.4 Å². The fourth-order valence-corrected chi connectivity index (χ4v) is 1.86. The van der Waals surface area contributed by atoms with E-state index in [0.29, 0.717) is 12.6 Å². The first-order valence-corrected chi connectivity index (χ1v) is 5.23. The van der Waals surface area contributed by atoms with Gasteiger partial charge in [0.15, 0.2) is 0 Å². The number of nitrogens with zero attached hydrogens (tertiary/aromatic N) is 1. The van der Waals surface area contributed by atoms with E-state index >= 15 is 0 Å². The number of ether oxygens (including phenoxy) is 2. The van der Waals surface area contributed by atoms with Gasteiger partial charge in [0.2, 0.25) is 0 Å². The van der Waals surface area contributed by atoms with Gasteiger partial charge in [-0.2, -0.15) is 0 Å². The van der Waals surface area contributed by atoms with Gasteiger partial charge in [-0.1, -0.05) is 0 Å². The summed E-state index contributed by atoms with van der Waals surface area (Å²) in [6.45, 7) is 5.10. The molecule has 1 heterocycles. The molecule has 0 spiro atoms. The minimum atomic E-state index is -0.274. The van der Waals surface area contributed by atoms with Crippen LogP contribution in [0.3, 0.4) is 0 Å². The van der Waals surface area contributed by atoms with Gasteiger partial charge >= 0.3 is 5.97 Å². The van der Waals surface area contributed by atoms with Crippen molar-refractivity contribution in [3.63, 3.8) is 0 Å². The van der Waals surface area contributed by atoms with Crippen LogP contribution in [0.2, 0.25) is 0 Å². The maximum absolute atomic E-state index is 11.5. The molecular weight excluding hydrogens is 267 g/mol. The fourth-order valence-electron chi connectivity index (χ4n) is 1.86. The third-order valence-corrected chi connectivity index (χ3v) is 2.64. The van der Waals surface area contributed by atoms with Crippen LogP contribution >= 0.6 is 24.8 Å². The lowest BCUT2D eigenvalue weighted by Crippen LogP contribution is -2.56. The smallest absolute Gasteiger partial charge is 0.325 e. The Hall–Kier alpha value is -0.0700. The summed E-state index contributed by atoms with van der Waals surface area (Å²) >= 11 is 0. The summed E-state index contributed by atoms with van der Waals surface area (Å²) in [5.41, 5.74) is 0. The van der Waals surface area contributed by atoms with Crippen LogP contribution in [0.15, 0.2) is 0 Å². The molecule has 2 atom stereocenters. The van der Waals surface area contributed by atoms with Crippen molar-refractivity contribution in [1.29, 1.82) is 0 Å². The first-order chi connectivity index (χ1) is 7.19. The molecule has 1 aliphatic rings. The molecule has 1 saturated heterocycles. The Balaban J connectivity index is 0. The highest BCUT2D eigenvalue weighted by Crippen LogP contribution is 2.07. The monoisotopic (exact) mass is 288 g/mol. The van der Waals surface area contributed by atoms with Crippen molar-refractivity contribution in [2.24, 2.45) is 0 Å². The van der Waals surface area contributed by atoms with Gasteiger partial charge in [-0.3, -0.25) is 9.69 Å². The van der Waals surface area contributed by atoms with E-state index in [1.54, 1.807) is 7.11 Å². The lowest BCUT2D eigenvalue weighted by Gasteiger charge is -2.35. The molecule has 0 aromatic rings. The summed E-state index contributed by atoms with van der Waals surface area (Å²) in [5, 5.41) is 3.33. The minimum absolute atomic E-state index is 0. The van der Waals surface area contributed by atoms with Crippen LogP contribution in [0.1, 0.15) is 6.92 Å². The zero-order valence-corrected chi connectivity index (χ0v) is 12.1. The van der Waals surface area contributed by atoms with Crippen LogP contribution < -0.4 is 5.32 Å². The number of carbonyl (C=O) groups excluding carboxylic acids is 1. The zero-order chi connectivity index (χ0) is 11.3. The first kappa shape index (κ1) is 19.3. The molecule has 1 N–H and O–H groups in total. The van der Waals surface area contributed by atoms with Crippen LogP contribution in [0.25, 0.3) is 0 Å². The van der Waals surface area contributed by atoms with E-state index in [4.69, 9.17) is 9.47 Å². The molecule has 1 aliphatic heterocycles. The highest BCUT2D eigenvalue weighted by Gasteiger charge is 2.29. The Morgan fingerprint density at radius 2 is 2.12 bits per heavy atom. The molecular formula is C10H22Cl2N2O3. The largest absolute Gasteiger partial charge is 0.468 e. The molecule has 0 aliphatic carbocycles. The molecule has 0 saturated carbocycles. The second-order valence-electron chi connectivity index (χ2n) is 3.84. The Morgan fingerprint density at radius 1 is 1.47 bits per heavy atom. The van der Waals surface area contributed by atoms with Crippen molar-refractivity contribution in [3.8, 4) is 0 Å². The maximum atomic E-state index is 11.5. The summed E-state index contributed by atoms with van der Waals surface area (Å²) < 4.78 is 9.82. The third-order valence-electron chi connectivity index (χ3n) is 2.64. The van der Waals surface area contributed by atoms with Crippen LogP contribution in [0.4, 0.5) is 0 Å². The highest BCUT2D eigenvalue weighted by atomic mass is 35.5. The molecule has 2 unspecified atom stereocenters. The zero-order valence-electron chi connectivity index (χ0n) is 10.5. The van der Waals surface area contributed by atoms with E-state index in [1.807, 2.05) is 0 Å². The molecule has 17 heavy (non-hydrogen) atoms. The lowest BCUT2D eigenvalue weighted by atomic mass is 10.1. The van der Waals surface area contributed by atoms with Crippen molar-refractivity contribution in [3.05, 3.63) is 0 Å². The molecule has 0 aromatic heterocycles. The second kappa shape index (κ2) is 9.91. The highest BCUT2D eigenvalue weighted by molar-refractivity contribution is 5.85. The van der Waals surface area contributed by atoms with Gasteiger partial charge in [0.05, 0.1) is 13.7 Å². The molecule has 5 nitrogen and oxygen atoms in total. The van der Waals surface area contributed by atoms with Crippen molar-refractivity contribution in [2.75, 3.05) is 40.5 Å². The van der Waals surface area contributed by atoms with E-state index in [-0.39, 0.29) is 36.8 Å². The molecule has 0 bridgehead atoms. The summed E-state index contributed by atoms with van der Waals surface area (Å²) in [4.78, 5) is 13.7. The number of nitrogens with one attached hydrogen (secondary N) is 1. The first-order valence-electron chi connectivity index (χ1n) is 5.23. The standard InChI is InChI=1S/C10H20N2O3.2ClH/c1-8-6-12(5-4-11-8)9(7-14-2)10(13)15-3;;/h8-9,11H,4-7H2,1-3H3;2*1H. The molecule has 0 aromatic carbocycles. The van der Waals surface area contributed by atoms with Crippen LogP contribution in [-0.2, 0) is 14.3 Å². The Bertz CT molecular complexity index is 220. The number of halogens is 2. The quantitative estimate of drug-likeness (QED) is 0.755. The normalized spacial score (nSPS) is 21.9. The minimum Gasteiger partial charge on any atom is -0.468 e. The number of methoxy groups -OCH3 is 2. The number of esters is 1. The van der Waals surface area contributed by atoms with Crippen LogP contribution in [0, 0.1) is 0 Å². The average Bonchev–Trinajstić information content (AvgIpc) is 2.25. The van der Waals surface area contributed by atoms with E-state index in [9.17, 15) is 4.79 Å². The molecule has 1 rings (SSSR count). The van der Waals surface area contributed by atoms with Crippen molar-refractivity contribution in [2.45, 2.75) is 19.0 Å².